The molecule has 2 aromatic carbocycles. The second-order valence-electron chi connectivity index (χ2n) is 4.48. The second-order valence-corrected chi connectivity index (χ2v) is 4.48. The van der Waals surface area contributed by atoms with Gasteiger partial charge >= 0.3 is 5.97 Å². The van der Waals surface area contributed by atoms with Crippen LogP contribution in [-0.4, -0.2) is 12.6 Å². The van der Waals surface area contributed by atoms with Gasteiger partial charge in [-0.15, -0.1) is 0 Å². The fourth-order valence-electron chi connectivity index (χ4n) is 2.06. The average Bonchev–Trinajstić information content (AvgIpc) is 2.49. The molecule has 2 rings (SSSR count). The molecule has 0 aliphatic carbocycles. The van der Waals surface area contributed by atoms with E-state index in [0.717, 1.165) is 11.3 Å². The molecule has 0 saturated heterocycles. The van der Waals surface area contributed by atoms with Crippen LogP contribution in [0.25, 0.3) is 0 Å². The number of ether oxygens (including phenoxy) is 1. The van der Waals surface area contributed by atoms with E-state index in [0.29, 0.717) is 13.0 Å². The van der Waals surface area contributed by atoms with Gasteiger partial charge in [0.1, 0.15) is 0 Å². The van der Waals surface area contributed by atoms with E-state index in [9.17, 15) is 4.79 Å². The summed E-state index contributed by atoms with van der Waals surface area (Å²) in [5.74, 6) is -0.190. The Kier molecular flexibility index (Phi) is 5.18. The molecule has 0 saturated carbocycles. The quantitative estimate of drug-likeness (QED) is 0.811. The Morgan fingerprint density at radius 3 is 2.25 bits per heavy atom. The van der Waals surface area contributed by atoms with Crippen LogP contribution in [0.5, 0.6) is 0 Å². The highest BCUT2D eigenvalue weighted by atomic mass is 16.5. The van der Waals surface area contributed by atoms with E-state index in [2.05, 4.69) is 5.32 Å². The first-order valence-corrected chi connectivity index (χ1v) is 6.81. The summed E-state index contributed by atoms with van der Waals surface area (Å²) in [5, 5.41) is 3.38. The van der Waals surface area contributed by atoms with Crippen LogP contribution in [0.3, 0.4) is 0 Å². The maximum Gasteiger partial charge on any atom is 0.308 e. The van der Waals surface area contributed by atoms with Gasteiger partial charge < -0.3 is 10.1 Å². The third kappa shape index (κ3) is 4.12. The van der Waals surface area contributed by atoms with Crippen LogP contribution < -0.4 is 5.32 Å². The van der Waals surface area contributed by atoms with Gasteiger partial charge in [0.2, 0.25) is 0 Å². The second kappa shape index (κ2) is 7.34. The summed E-state index contributed by atoms with van der Waals surface area (Å²) in [5.41, 5.74) is 2.06. The topological polar surface area (TPSA) is 38.3 Å². The van der Waals surface area contributed by atoms with Crippen molar-refractivity contribution in [2.45, 2.75) is 19.4 Å². The van der Waals surface area contributed by atoms with Crippen LogP contribution >= 0.6 is 0 Å². The van der Waals surface area contributed by atoms with E-state index in [-0.39, 0.29) is 12.0 Å². The Labute approximate surface area is 119 Å². The largest absolute Gasteiger partial charge is 0.466 e. The molecular formula is C17H19NO2. The third-order valence-corrected chi connectivity index (χ3v) is 2.99. The Bertz CT molecular complexity index is 525. The zero-order valence-corrected chi connectivity index (χ0v) is 11.6. The van der Waals surface area contributed by atoms with Crippen molar-refractivity contribution in [1.82, 2.24) is 0 Å². The number of esters is 1. The molecule has 0 aliphatic heterocycles. The maximum atomic E-state index is 11.8. The lowest BCUT2D eigenvalue weighted by molar-refractivity contribution is -0.143. The van der Waals surface area contributed by atoms with Crippen LogP contribution in [0.15, 0.2) is 60.7 Å². The molecule has 1 unspecified atom stereocenters. The lowest BCUT2D eigenvalue weighted by atomic mass is 10.0. The van der Waals surface area contributed by atoms with Gasteiger partial charge in [-0.05, 0) is 24.6 Å². The molecule has 104 valence electrons. The van der Waals surface area contributed by atoms with E-state index < -0.39 is 0 Å². The van der Waals surface area contributed by atoms with Crippen molar-refractivity contribution in [2.75, 3.05) is 11.9 Å². The molecule has 1 atom stereocenters. The van der Waals surface area contributed by atoms with E-state index in [1.54, 1.807) is 0 Å². The molecule has 0 fully saturated rings. The summed E-state index contributed by atoms with van der Waals surface area (Å²) in [6, 6.07) is 19.7. The highest BCUT2D eigenvalue weighted by Crippen LogP contribution is 2.22. The van der Waals surface area contributed by atoms with E-state index >= 15 is 0 Å². The molecule has 3 nitrogen and oxygen atoms in total. The number of carbonyl (C=O) groups is 1. The number of rotatable bonds is 6. The van der Waals surface area contributed by atoms with Gasteiger partial charge in [-0.2, -0.15) is 0 Å². The van der Waals surface area contributed by atoms with Gasteiger partial charge in [0.05, 0.1) is 19.1 Å². The number of para-hydroxylation sites is 1. The van der Waals surface area contributed by atoms with Crippen molar-refractivity contribution in [3.63, 3.8) is 0 Å². The normalized spacial score (nSPS) is 11.7. The van der Waals surface area contributed by atoms with Gasteiger partial charge in [0.15, 0.2) is 0 Å². The molecule has 0 aliphatic rings. The Hall–Kier alpha value is -2.29. The zero-order valence-electron chi connectivity index (χ0n) is 11.6. The van der Waals surface area contributed by atoms with Crippen molar-refractivity contribution in [1.29, 1.82) is 0 Å². The summed E-state index contributed by atoms with van der Waals surface area (Å²) >= 11 is 0. The first-order chi connectivity index (χ1) is 9.79. The van der Waals surface area contributed by atoms with Crippen LogP contribution in [0, 0.1) is 0 Å². The molecule has 20 heavy (non-hydrogen) atoms. The number of nitrogens with one attached hydrogen (secondary N) is 1. The summed E-state index contributed by atoms with van der Waals surface area (Å²) in [6.45, 7) is 2.23. The predicted octanol–water partition coefficient (Wildman–Crippen LogP) is 3.79. The van der Waals surface area contributed by atoms with Crippen molar-refractivity contribution in [2.24, 2.45) is 0 Å². The lowest BCUT2D eigenvalue weighted by Crippen LogP contribution is -2.17. The molecule has 3 heteroatoms. The minimum Gasteiger partial charge on any atom is -0.466 e. The van der Waals surface area contributed by atoms with Crippen molar-refractivity contribution < 1.29 is 9.53 Å². The fourth-order valence-corrected chi connectivity index (χ4v) is 2.06. The smallest absolute Gasteiger partial charge is 0.308 e. The fraction of sp³-hybridized carbons (Fsp3) is 0.235. The molecule has 0 amide bonds. The Morgan fingerprint density at radius 2 is 1.65 bits per heavy atom. The molecule has 1 N–H and O–H groups in total. The lowest BCUT2D eigenvalue weighted by Gasteiger charge is -2.19. The monoisotopic (exact) mass is 269 g/mol. The van der Waals surface area contributed by atoms with E-state index in [4.69, 9.17) is 4.74 Å². The van der Waals surface area contributed by atoms with Crippen LogP contribution in [-0.2, 0) is 9.53 Å². The standard InChI is InChI=1S/C17H19NO2/c1-2-20-17(19)13-16(14-9-5-3-6-10-14)18-15-11-7-4-8-12-15/h3-12,16,18H,2,13H2,1H3. The number of anilines is 1. The molecule has 0 aromatic heterocycles. The number of carbonyl (C=O) groups excluding carboxylic acids is 1. The predicted molar refractivity (Wildman–Crippen MR) is 80.5 cm³/mol. The Morgan fingerprint density at radius 1 is 1.05 bits per heavy atom. The minimum absolute atomic E-state index is 0.0855. The molecule has 0 bridgehead atoms. The Balaban J connectivity index is 2.14. The first-order valence-electron chi connectivity index (χ1n) is 6.81. The highest BCUT2D eigenvalue weighted by molar-refractivity contribution is 5.71. The van der Waals surface area contributed by atoms with Gasteiger partial charge in [-0.3, -0.25) is 4.79 Å². The van der Waals surface area contributed by atoms with Crippen LogP contribution in [0.4, 0.5) is 5.69 Å². The molecular weight excluding hydrogens is 250 g/mol. The van der Waals surface area contributed by atoms with Gasteiger partial charge in [-0.1, -0.05) is 48.5 Å². The van der Waals surface area contributed by atoms with Gasteiger partial charge in [0, 0.05) is 5.69 Å². The van der Waals surface area contributed by atoms with Crippen molar-refractivity contribution in [3.05, 3.63) is 66.2 Å². The number of hydrogen-bond acceptors (Lipinski definition) is 3. The average molecular weight is 269 g/mol. The molecule has 0 radical (unpaired) electrons. The van der Waals surface area contributed by atoms with Gasteiger partial charge in [-0.25, -0.2) is 0 Å². The first kappa shape index (κ1) is 14.1. The molecule has 0 spiro atoms. The SMILES string of the molecule is CCOC(=O)CC(Nc1ccccc1)c1ccccc1. The van der Waals surface area contributed by atoms with Crippen molar-refractivity contribution >= 4 is 11.7 Å². The zero-order chi connectivity index (χ0) is 14.2. The van der Waals surface area contributed by atoms with Crippen LogP contribution in [0.1, 0.15) is 24.9 Å². The molecule has 0 heterocycles. The number of benzene rings is 2. The third-order valence-electron chi connectivity index (χ3n) is 2.99. The minimum atomic E-state index is -0.190. The summed E-state index contributed by atoms with van der Waals surface area (Å²) in [4.78, 5) is 11.8. The van der Waals surface area contributed by atoms with Gasteiger partial charge in [0.25, 0.3) is 0 Å². The van der Waals surface area contributed by atoms with E-state index in [1.165, 1.54) is 0 Å². The van der Waals surface area contributed by atoms with Crippen molar-refractivity contribution in [3.8, 4) is 0 Å². The molecule has 2 aromatic rings. The summed E-state index contributed by atoms with van der Waals surface area (Å²) < 4.78 is 5.05. The van der Waals surface area contributed by atoms with E-state index in [1.807, 2.05) is 67.6 Å². The highest BCUT2D eigenvalue weighted by Gasteiger charge is 2.16. The summed E-state index contributed by atoms with van der Waals surface area (Å²) in [7, 11) is 0. The number of hydrogen-bond donors (Lipinski definition) is 1. The summed E-state index contributed by atoms with van der Waals surface area (Å²) in [6.07, 6.45) is 0.312. The maximum absolute atomic E-state index is 11.8. The van der Waals surface area contributed by atoms with Crippen LogP contribution in [0.2, 0.25) is 0 Å².